The molecule has 2 rings (SSSR count). The summed E-state index contributed by atoms with van der Waals surface area (Å²) in [5.41, 5.74) is 1.14. The zero-order valence-electron chi connectivity index (χ0n) is 23.8. The lowest BCUT2D eigenvalue weighted by Gasteiger charge is -2.32. The predicted octanol–water partition coefficient (Wildman–Crippen LogP) is 3.02. The van der Waals surface area contributed by atoms with Crippen molar-refractivity contribution in [1.82, 2.24) is 15.5 Å². The van der Waals surface area contributed by atoms with Gasteiger partial charge in [0.05, 0.1) is 24.6 Å². The Morgan fingerprint density at radius 1 is 0.902 bits per heavy atom. The summed E-state index contributed by atoms with van der Waals surface area (Å²) < 4.78 is 27.8. The average Bonchev–Trinajstić information content (AvgIpc) is 2.90. The van der Waals surface area contributed by atoms with Gasteiger partial charge in [0.15, 0.2) is 0 Å². The molecule has 0 aromatic heterocycles. The summed E-state index contributed by atoms with van der Waals surface area (Å²) >= 11 is 0. The van der Waals surface area contributed by atoms with E-state index in [2.05, 4.69) is 10.6 Å². The Bertz CT molecular complexity index is 1240. The van der Waals surface area contributed by atoms with Crippen LogP contribution in [0.25, 0.3) is 0 Å². The van der Waals surface area contributed by atoms with Crippen LogP contribution in [-0.2, 0) is 11.2 Å². The summed E-state index contributed by atoms with van der Waals surface area (Å²) in [4.78, 5) is 39.9. The maximum atomic E-state index is 13.9. The zero-order chi connectivity index (χ0) is 30.7. The second-order valence-corrected chi connectivity index (χ2v) is 10.1. The highest BCUT2D eigenvalue weighted by molar-refractivity contribution is 6.00. The Labute approximate surface area is 239 Å². The van der Waals surface area contributed by atoms with Gasteiger partial charge in [-0.1, -0.05) is 13.8 Å². The SMILES string of the molecule is CCCN(CCC)C(=O)c1cc(C)cc(C(=O)NC(Cc2cc(F)cc(F)c2)C(O)C(O)C(CC#N)NC(C)=O)c1. The van der Waals surface area contributed by atoms with Crippen molar-refractivity contribution in [2.45, 2.75) is 77.7 Å². The molecule has 0 radical (unpaired) electrons. The van der Waals surface area contributed by atoms with Crippen molar-refractivity contribution in [1.29, 1.82) is 5.26 Å². The Hall–Kier alpha value is -3.88. The third kappa shape index (κ3) is 9.92. The molecule has 0 saturated heterocycles. The van der Waals surface area contributed by atoms with E-state index in [0.717, 1.165) is 25.0 Å². The standard InChI is InChI=1S/C30H38F2N4O5/c1-5-9-36(10-6-2)30(41)22-12-18(3)11-21(16-22)29(40)35-26(15-20-13-23(31)17-24(32)14-20)28(39)27(38)25(7-8-33)34-19(4)37/h11-14,16-17,25-28,38-39H,5-7,9-10,15H2,1-4H3,(H,34,37)(H,35,40). The predicted molar refractivity (Wildman–Crippen MR) is 149 cm³/mol. The summed E-state index contributed by atoms with van der Waals surface area (Å²) in [6.07, 6.45) is -2.59. The van der Waals surface area contributed by atoms with E-state index in [1.807, 2.05) is 19.9 Å². The van der Waals surface area contributed by atoms with Crippen LogP contribution in [0.5, 0.6) is 0 Å². The van der Waals surface area contributed by atoms with Crippen molar-refractivity contribution < 1.29 is 33.4 Å². The molecule has 4 unspecified atom stereocenters. The van der Waals surface area contributed by atoms with Gasteiger partial charge in [-0.2, -0.15) is 5.26 Å². The fraction of sp³-hybridized carbons (Fsp3) is 0.467. The van der Waals surface area contributed by atoms with Gasteiger partial charge in [-0.3, -0.25) is 14.4 Å². The normalized spacial score (nSPS) is 13.8. The molecule has 0 bridgehead atoms. The largest absolute Gasteiger partial charge is 0.388 e. The molecule has 9 nitrogen and oxygen atoms in total. The summed E-state index contributed by atoms with van der Waals surface area (Å²) in [5.74, 6) is -3.23. The number of rotatable bonds is 14. The van der Waals surface area contributed by atoms with E-state index in [1.54, 1.807) is 24.0 Å². The molecule has 222 valence electrons. The monoisotopic (exact) mass is 572 g/mol. The van der Waals surface area contributed by atoms with E-state index >= 15 is 0 Å². The van der Waals surface area contributed by atoms with Crippen LogP contribution < -0.4 is 10.6 Å². The molecule has 0 aliphatic rings. The molecule has 0 heterocycles. The number of aliphatic hydroxyl groups excluding tert-OH is 2. The van der Waals surface area contributed by atoms with Crippen LogP contribution in [0.15, 0.2) is 36.4 Å². The smallest absolute Gasteiger partial charge is 0.253 e. The van der Waals surface area contributed by atoms with Gasteiger partial charge in [-0.05, 0) is 67.6 Å². The van der Waals surface area contributed by atoms with Gasteiger partial charge in [0.25, 0.3) is 11.8 Å². The molecule has 2 aromatic carbocycles. The number of halogens is 2. The molecule has 4 N–H and O–H groups in total. The number of nitrogens with zero attached hydrogens (tertiary/aromatic N) is 2. The quantitative estimate of drug-likeness (QED) is 0.274. The number of carbonyl (C=O) groups is 3. The lowest BCUT2D eigenvalue weighted by Crippen LogP contribution is -2.56. The van der Waals surface area contributed by atoms with Crippen molar-refractivity contribution in [3.63, 3.8) is 0 Å². The van der Waals surface area contributed by atoms with E-state index in [0.29, 0.717) is 30.3 Å². The minimum atomic E-state index is -1.76. The zero-order valence-corrected chi connectivity index (χ0v) is 23.8. The Balaban J connectivity index is 2.43. The van der Waals surface area contributed by atoms with Gasteiger partial charge in [-0.25, -0.2) is 8.78 Å². The molecule has 11 heteroatoms. The van der Waals surface area contributed by atoms with Crippen molar-refractivity contribution in [3.05, 3.63) is 70.3 Å². The van der Waals surface area contributed by atoms with E-state index in [4.69, 9.17) is 5.26 Å². The van der Waals surface area contributed by atoms with E-state index in [1.165, 1.54) is 13.0 Å². The first-order chi connectivity index (χ1) is 19.4. The van der Waals surface area contributed by atoms with Crippen LogP contribution in [0.3, 0.4) is 0 Å². The van der Waals surface area contributed by atoms with Gasteiger partial charge in [0.2, 0.25) is 5.91 Å². The summed E-state index contributed by atoms with van der Waals surface area (Å²) in [6, 6.07) is 6.72. The van der Waals surface area contributed by atoms with Gasteiger partial charge in [0.1, 0.15) is 23.8 Å². The van der Waals surface area contributed by atoms with Crippen molar-refractivity contribution >= 4 is 17.7 Å². The van der Waals surface area contributed by atoms with Gasteiger partial charge >= 0.3 is 0 Å². The molecule has 3 amide bonds. The Morgan fingerprint density at radius 2 is 1.46 bits per heavy atom. The van der Waals surface area contributed by atoms with Crippen molar-refractivity contribution in [2.75, 3.05) is 13.1 Å². The first-order valence-corrected chi connectivity index (χ1v) is 13.6. The van der Waals surface area contributed by atoms with Crippen LogP contribution in [0, 0.1) is 29.9 Å². The first kappa shape index (κ1) is 33.3. The molecule has 0 spiro atoms. The van der Waals surface area contributed by atoms with Crippen LogP contribution in [0.1, 0.15) is 71.9 Å². The maximum Gasteiger partial charge on any atom is 0.253 e. The second kappa shape index (κ2) is 15.8. The number of nitrogens with one attached hydrogen (secondary N) is 2. The topological polar surface area (TPSA) is 143 Å². The molecule has 2 aromatic rings. The van der Waals surface area contributed by atoms with Gasteiger partial charge < -0.3 is 25.7 Å². The van der Waals surface area contributed by atoms with Crippen LogP contribution in [0.2, 0.25) is 0 Å². The van der Waals surface area contributed by atoms with Crippen LogP contribution in [0.4, 0.5) is 8.78 Å². The highest BCUT2D eigenvalue weighted by atomic mass is 19.1. The number of aryl methyl sites for hydroxylation is 1. The second-order valence-electron chi connectivity index (χ2n) is 10.1. The lowest BCUT2D eigenvalue weighted by molar-refractivity contribution is -0.121. The summed E-state index contributed by atoms with van der Waals surface area (Å²) in [7, 11) is 0. The van der Waals surface area contributed by atoms with E-state index in [-0.39, 0.29) is 29.9 Å². The Kier molecular flexibility index (Phi) is 12.8. The molecule has 0 aliphatic carbocycles. The van der Waals surface area contributed by atoms with Crippen molar-refractivity contribution in [2.24, 2.45) is 0 Å². The van der Waals surface area contributed by atoms with E-state index in [9.17, 15) is 33.4 Å². The van der Waals surface area contributed by atoms with Gasteiger partial charge in [0, 0.05) is 37.2 Å². The molecule has 0 fully saturated rings. The van der Waals surface area contributed by atoms with Gasteiger partial charge in [-0.15, -0.1) is 0 Å². The average molecular weight is 573 g/mol. The minimum absolute atomic E-state index is 0.0882. The van der Waals surface area contributed by atoms with Crippen LogP contribution in [-0.4, -0.2) is 70.2 Å². The molecular weight excluding hydrogens is 534 g/mol. The number of amides is 3. The summed E-state index contributed by atoms with van der Waals surface area (Å²) in [5, 5.41) is 36.1. The fourth-order valence-corrected chi connectivity index (χ4v) is 4.66. The molecule has 0 saturated carbocycles. The molecular formula is C30H38F2N4O5. The lowest BCUT2D eigenvalue weighted by atomic mass is 9.92. The molecule has 0 aliphatic heterocycles. The number of carbonyl (C=O) groups excluding carboxylic acids is 3. The third-order valence-corrected chi connectivity index (χ3v) is 6.43. The molecule has 41 heavy (non-hydrogen) atoms. The fourth-order valence-electron chi connectivity index (χ4n) is 4.66. The first-order valence-electron chi connectivity index (χ1n) is 13.6. The maximum absolute atomic E-state index is 13.9. The van der Waals surface area contributed by atoms with Crippen molar-refractivity contribution in [3.8, 4) is 6.07 Å². The Morgan fingerprint density at radius 3 is 2.00 bits per heavy atom. The molecule has 4 atom stereocenters. The highest BCUT2D eigenvalue weighted by Crippen LogP contribution is 2.18. The van der Waals surface area contributed by atoms with Crippen LogP contribution >= 0.6 is 0 Å². The highest BCUT2D eigenvalue weighted by Gasteiger charge is 2.34. The third-order valence-electron chi connectivity index (χ3n) is 6.43. The number of hydrogen-bond donors (Lipinski definition) is 4. The number of nitriles is 1. The number of hydrogen-bond acceptors (Lipinski definition) is 6. The van der Waals surface area contributed by atoms with E-state index < -0.39 is 47.7 Å². The number of aliphatic hydroxyl groups is 2. The minimum Gasteiger partial charge on any atom is -0.388 e. The number of benzene rings is 2. The summed E-state index contributed by atoms with van der Waals surface area (Å²) in [6.45, 7) is 7.93.